The molecule has 1 fully saturated rings. The van der Waals surface area contributed by atoms with Gasteiger partial charge in [-0.3, -0.25) is 10.2 Å². The van der Waals surface area contributed by atoms with Crippen molar-refractivity contribution in [3.8, 4) is 0 Å². The minimum absolute atomic E-state index is 0. The van der Waals surface area contributed by atoms with Crippen LogP contribution in [0.1, 0.15) is 40.2 Å². The van der Waals surface area contributed by atoms with Gasteiger partial charge in [0, 0.05) is 24.2 Å². The summed E-state index contributed by atoms with van der Waals surface area (Å²) in [6, 6.07) is 12.8. The molecule has 7 heteroatoms. The summed E-state index contributed by atoms with van der Waals surface area (Å²) in [5.41, 5.74) is 8.05. The lowest BCUT2D eigenvalue weighted by atomic mass is 9.88. The molecule has 0 radical (unpaired) electrons. The average Bonchev–Trinajstić information content (AvgIpc) is 2.63. The zero-order chi connectivity index (χ0) is 18.0. The molecule has 0 spiro atoms. The number of piperidine rings is 1. The minimum Gasteiger partial charge on any atom is -0.384 e. The molecular formula is C19H20Cl3N3O. The molecule has 0 unspecified atom stereocenters. The van der Waals surface area contributed by atoms with Crippen molar-refractivity contribution in [1.82, 2.24) is 4.90 Å². The molecule has 1 amide bonds. The van der Waals surface area contributed by atoms with Gasteiger partial charge in [-0.15, -0.1) is 12.4 Å². The van der Waals surface area contributed by atoms with Crippen LogP contribution in [0.3, 0.4) is 0 Å². The van der Waals surface area contributed by atoms with Gasteiger partial charge in [0.2, 0.25) is 0 Å². The summed E-state index contributed by atoms with van der Waals surface area (Å²) in [5, 5.41) is 8.41. The number of nitrogens with one attached hydrogen (secondary N) is 1. The van der Waals surface area contributed by atoms with Crippen molar-refractivity contribution in [2.45, 2.75) is 18.8 Å². The summed E-state index contributed by atoms with van der Waals surface area (Å²) in [5.74, 6) is 0.431. The average molecular weight is 413 g/mol. The van der Waals surface area contributed by atoms with Crippen LogP contribution in [0.15, 0.2) is 42.5 Å². The zero-order valence-electron chi connectivity index (χ0n) is 14.0. The Bertz CT molecular complexity index is 817. The van der Waals surface area contributed by atoms with E-state index in [1.54, 1.807) is 18.2 Å². The number of nitrogens with zero attached hydrogens (tertiary/aromatic N) is 1. The van der Waals surface area contributed by atoms with E-state index in [2.05, 4.69) is 6.07 Å². The van der Waals surface area contributed by atoms with E-state index in [1.165, 1.54) is 5.56 Å². The topological polar surface area (TPSA) is 70.2 Å². The molecule has 1 aliphatic rings. The van der Waals surface area contributed by atoms with E-state index in [-0.39, 0.29) is 24.1 Å². The molecule has 1 aliphatic heterocycles. The maximum absolute atomic E-state index is 12.6. The fourth-order valence-electron chi connectivity index (χ4n) is 3.19. The quantitative estimate of drug-likeness (QED) is 0.565. The van der Waals surface area contributed by atoms with Gasteiger partial charge >= 0.3 is 0 Å². The fourth-order valence-corrected chi connectivity index (χ4v) is 3.49. The van der Waals surface area contributed by atoms with Crippen LogP contribution in [0.25, 0.3) is 0 Å². The van der Waals surface area contributed by atoms with E-state index in [0.717, 1.165) is 18.4 Å². The van der Waals surface area contributed by atoms with Gasteiger partial charge in [-0.2, -0.15) is 0 Å². The molecule has 3 N–H and O–H groups in total. The Morgan fingerprint density at radius 1 is 1.04 bits per heavy atom. The van der Waals surface area contributed by atoms with Gasteiger partial charge in [-0.05, 0) is 48.6 Å². The Labute approximate surface area is 169 Å². The van der Waals surface area contributed by atoms with Crippen LogP contribution in [-0.4, -0.2) is 29.7 Å². The molecule has 0 atom stereocenters. The second-order valence-electron chi connectivity index (χ2n) is 6.23. The van der Waals surface area contributed by atoms with Gasteiger partial charge in [0.25, 0.3) is 5.91 Å². The number of benzene rings is 2. The van der Waals surface area contributed by atoms with Crippen molar-refractivity contribution < 1.29 is 4.79 Å². The maximum atomic E-state index is 12.6. The number of nitrogen functional groups attached to an aromatic ring is 1. The van der Waals surface area contributed by atoms with Crippen molar-refractivity contribution >= 4 is 47.4 Å². The smallest absolute Gasteiger partial charge is 0.253 e. The monoisotopic (exact) mass is 411 g/mol. The first-order valence-electron chi connectivity index (χ1n) is 8.14. The molecule has 3 rings (SSSR count). The van der Waals surface area contributed by atoms with Gasteiger partial charge < -0.3 is 10.6 Å². The molecule has 2 aromatic carbocycles. The molecule has 4 nitrogen and oxygen atoms in total. The van der Waals surface area contributed by atoms with Crippen LogP contribution in [0.5, 0.6) is 0 Å². The van der Waals surface area contributed by atoms with Crippen LogP contribution in [0, 0.1) is 5.41 Å². The second kappa shape index (κ2) is 8.76. The molecule has 1 saturated heterocycles. The fraction of sp³-hybridized carbons (Fsp3) is 0.263. The van der Waals surface area contributed by atoms with Crippen LogP contribution in [0.4, 0.5) is 0 Å². The predicted octanol–water partition coefficient (Wildman–Crippen LogP) is 4.72. The van der Waals surface area contributed by atoms with Crippen molar-refractivity contribution in [2.75, 3.05) is 13.1 Å². The molecular weight excluding hydrogens is 393 g/mol. The number of amides is 1. The highest BCUT2D eigenvalue weighted by atomic mass is 35.5. The lowest BCUT2D eigenvalue weighted by Crippen LogP contribution is -2.38. The predicted molar refractivity (Wildman–Crippen MR) is 109 cm³/mol. The first-order valence-corrected chi connectivity index (χ1v) is 8.90. The first-order chi connectivity index (χ1) is 12.0. The number of rotatable bonds is 3. The summed E-state index contributed by atoms with van der Waals surface area (Å²) in [6.07, 6.45) is 1.77. The van der Waals surface area contributed by atoms with Crippen molar-refractivity contribution in [1.29, 1.82) is 5.41 Å². The van der Waals surface area contributed by atoms with Crippen molar-refractivity contribution in [3.63, 3.8) is 0 Å². The molecule has 26 heavy (non-hydrogen) atoms. The number of halogens is 3. The summed E-state index contributed by atoms with van der Waals surface area (Å²) in [6.45, 7) is 1.38. The van der Waals surface area contributed by atoms with Crippen molar-refractivity contribution in [2.24, 2.45) is 5.73 Å². The Balaban J connectivity index is 0.00000243. The van der Waals surface area contributed by atoms with E-state index >= 15 is 0 Å². The highest BCUT2D eigenvalue weighted by Gasteiger charge is 2.25. The van der Waals surface area contributed by atoms with Crippen LogP contribution < -0.4 is 5.73 Å². The van der Waals surface area contributed by atoms with Gasteiger partial charge in [0.1, 0.15) is 5.84 Å². The largest absolute Gasteiger partial charge is 0.384 e. The third-order valence-corrected chi connectivity index (χ3v) is 5.36. The normalized spacial score (nSPS) is 14.6. The molecule has 0 saturated carbocycles. The van der Waals surface area contributed by atoms with Crippen LogP contribution >= 0.6 is 35.6 Å². The Morgan fingerprint density at radius 3 is 2.35 bits per heavy atom. The van der Waals surface area contributed by atoms with Crippen LogP contribution in [-0.2, 0) is 0 Å². The first kappa shape index (κ1) is 20.6. The zero-order valence-corrected chi connectivity index (χ0v) is 16.4. The summed E-state index contributed by atoms with van der Waals surface area (Å²) in [4.78, 5) is 14.5. The summed E-state index contributed by atoms with van der Waals surface area (Å²) in [7, 11) is 0. The number of hydrogen-bond donors (Lipinski definition) is 2. The van der Waals surface area contributed by atoms with E-state index in [1.807, 2.05) is 23.1 Å². The molecule has 0 aromatic heterocycles. The Hall–Kier alpha value is -1.75. The Morgan fingerprint density at radius 2 is 1.73 bits per heavy atom. The van der Waals surface area contributed by atoms with Gasteiger partial charge in [0.15, 0.2) is 0 Å². The molecule has 2 aromatic rings. The van der Waals surface area contributed by atoms with Gasteiger partial charge in [-0.25, -0.2) is 0 Å². The second-order valence-corrected chi connectivity index (χ2v) is 7.05. The van der Waals surface area contributed by atoms with E-state index in [0.29, 0.717) is 34.6 Å². The van der Waals surface area contributed by atoms with E-state index in [9.17, 15) is 4.79 Å². The van der Waals surface area contributed by atoms with E-state index < -0.39 is 0 Å². The van der Waals surface area contributed by atoms with Crippen LogP contribution in [0.2, 0.25) is 10.0 Å². The number of nitrogens with two attached hydrogens (primary N) is 1. The Kier molecular flexibility index (Phi) is 6.93. The maximum Gasteiger partial charge on any atom is 0.253 e. The molecule has 138 valence electrons. The molecule has 0 aliphatic carbocycles. The number of likely N-dealkylation sites (tertiary alicyclic amines) is 1. The number of amidine groups is 1. The summed E-state index contributed by atoms with van der Waals surface area (Å²) < 4.78 is 0. The number of carbonyl (C=O) groups excluding carboxylic acids is 1. The minimum atomic E-state index is -0.0190. The lowest BCUT2D eigenvalue weighted by molar-refractivity contribution is 0.0713. The van der Waals surface area contributed by atoms with Gasteiger partial charge in [-0.1, -0.05) is 41.4 Å². The highest BCUT2D eigenvalue weighted by molar-refractivity contribution is 6.42. The third kappa shape index (κ3) is 4.50. The number of carbonyl (C=O) groups is 1. The summed E-state index contributed by atoms with van der Waals surface area (Å²) >= 11 is 11.9. The molecule has 1 heterocycles. The number of hydrogen-bond acceptors (Lipinski definition) is 2. The van der Waals surface area contributed by atoms with E-state index in [4.69, 9.17) is 34.3 Å². The third-order valence-electron chi connectivity index (χ3n) is 4.62. The van der Waals surface area contributed by atoms with Crippen molar-refractivity contribution in [3.05, 3.63) is 69.2 Å². The molecule has 0 bridgehead atoms. The SMILES string of the molecule is Cl.N=C(N)c1cccc(C2CCN(C(=O)c3ccc(Cl)c(Cl)c3)CC2)c1. The highest BCUT2D eigenvalue weighted by Crippen LogP contribution is 2.30. The van der Waals surface area contributed by atoms with Gasteiger partial charge in [0.05, 0.1) is 10.0 Å². The lowest BCUT2D eigenvalue weighted by Gasteiger charge is -2.32. The standard InChI is InChI=1S/C19H19Cl2N3O.ClH/c20-16-5-4-15(11-17(16)21)19(25)24-8-6-12(7-9-24)13-2-1-3-14(10-13)18(22)23;/h1-5,10-12H,6-9H2,(H3,22,23);1H.